The van der Waals surface area contributed by atoms with Crippen LogP contribution in [0.5, 0.6) is 0 Å². The molecule has 0 bridgehead atoms. The first-order valence-electron chi connectivity index (χ1n) is 7.28. The number of carbonyl (C=O) groups excluding carboxylic acids is 1. The van der Waals surface area contributed by atoms with Gasteiger partial charge in [-0.2, -0.15) is 0 Å². The van der Waals surface area contributed by atoms with Crippen LogP contribution in [0.3, 0.4) is 0 Å². The molecule has 0 aromatic rings. The number of likely N-dealkylation sites (N-methyl/N-ethyl adjacent to an activating group) is 1. The van der Waals surface area contributed by atoms with Crippen molar-refractivity contribution in [2.24, 2.45) is 5.92 Å². The van der Waals surface area contributed by atoms with E-state index in [9.17, 15) is 9.18 Å². The average molecular weight is 292 g/mol. The van der Waals surface area contributed by atoms with Gasteiger partial charge in [-0.05, 0) is 20.4 Å². The van der Waals surface area contributed by atoms with Crippen molar-refractivity contribution in [3.05, 3.63) is 0 Å². The summed E-state index contributed by atoms with van der Waals surface area (Å²) in [5.74, 6) is -0.197. The SMILES string of the molecule is CCC(C)C(=O)NCC(F)C(C)OCCOCCNC. The number of hydrogen-bond donors (Lipinski definition) is 2. The number of rotatable bonds is 12. The molecule has 0 radical (unpaired) electrons. The van der Waals surface area contributed by atoms with E-state index in [1.807, 2.05) is 20.9 Å². The molecule has 120 valence electrons. The topological polar surface area (TPSA) is 59.6 Å². The smallest absolute Gasteiger partial charge is 0.222 e. The molecule has 0 spiro atoms. The third-order valence-electron chi connectivity index (χ3n) is 3.15. The van der Waals surface area contributed by atoms with Crippen LogP contribution in [0.15, 0.2) is 0 Å². The second-order valence-electron chi connectivity index (χ2n) is 4.86. The van der Waals surface area contributed by atoms with E-state index in [0.29, 0.717) is 19.8 Å². The molecular formula is C14H29FN2O3. The van der Waals surface area contributed by atoms with Crippen LogP contribution in [-0.2, 0) is 14.3 Å². The van der Waals surface area contributed by atoms with E-state index in [2.05, 4.69) is 10.6 Å². The second kappa shape index (κ2) is 12.1. The molecule has 5 nitrogen and oxygen atoms in total. The van der Waals surface area contributed by atoms with E-state index in [1.54, 1.807) is 6.92 Å². The Hall–Kier alpha value is -0.720. The molecule has 2 N–H and O–H groups in total. The molecule has 0 heterocycles. The summed E-state index contributed by atoms with van der Waals surface area (Å²) in [7, 11) is 1.85. The van der Waals surface area contributed by atoms with Gasteiger partial charge in [0.1, 0.15) is 6.17 Å². The van der Waals surface area contributed by atoms with Gasteiger partial charge in [-0.1, -0.05) is 13.8 Å². The van der Waals surface area contributed by atoms with Crippen molar-refractivity contribution in [3.8, 4) is 0 Å². The maximum atomic E-state index is 13.8. The molecule has 0 rings (SSSR count). The number of nitrogens with one attached hydrogen (secondary N) is 2. The summed E-state index contributed by atoms with van der Waals surface area (Å²) < 4.78 is 24.4. The highest BCUT2D eigenvalue weighted by Crippen LogP contribution is 2.04. The van der Waals surface area contributed by atoms with E-state index in [-0.39, 0.29) is 18.4 Å². The number of ether oxygens (including phenoxy) is 2. The van der Waals surface area contributed by atoms with Crippen molar-refractivity contribution in [1.82, 2.24) is 10.6 Å². The monoisotopic (exact) mass is 292 g/mol. The molecule has 20 heavy (non-hydrogen) atoms. The van der Waals surface area contributed by atoms with Crippen LogP contribution in [0.2, 0.25) is 0 Å². The van der Waals surface area contributed by atoms with Crippen LogP contribution in [-0.4, -0.2) is 58.1 Å². The molecule has 0 aromatic carbocycles. The lowest BCUT2D eigenvalue weighted by Crippen LogP contribution is -2.38. The number of halogens is 1. The first-order chi connectivity index (χ1) is 9.52. The predicted molar refractivity (Wildman–Crippen MR) is 77.5 cm³/mol. The van der Waals surface area contributed by atoms with Gasteiger partial charge in [0.2, 0.25) is 5.91 Å². The van der Waals surface area contributed by atoms with Crippen LogP contribution in [0, 0.1) is 5.92 Å². The quantitative estimate of drug-likeness (QED) is 0.529. The minimum Gasteiger partial charge on any atom is -0.378 e. The van der Waals surface area contributed by atoms with Crippen molar-refractivity contribution >= 4 is 5.91 Å². The Kier molecular flexibility index (Phi) is 11.6. The summed E-state index contributed by atoms with van der Waals surface area (Å²) in [6.07, 6.45) is -1.01. The number of amides is 1. The van der Waals surface area contributed by atoms with Crippen LogP contribution < -0.4 is 10.6 Å². The van der Waals surface area contributed by atoms with Gasteiger partial charge in [0.15, 0.2) is 0 Å². The standard InChI is InChI=1S/C14H29FN2O3/c1-5-11(2)14(18)17-10-13(15)12(3)20-9-8-19-7-6-16-4/h11-13,16H,5-10H2,1-4H3,(H,17,18). The Morgan fingerprint density at radius 1 is 1.25 bits per heavy atom. The first kappa shape index (κ1) is 19.3. The zero-order valence-electron chi connectivity index (χ0n) is 13.1. The van der Waals surface area contributed by atoms with Gasteiger partial charge >= 0.3 is 0 Å². The number of alkyl halides is 1. The molecule has 0 aliphatic rings. The second-order valence-corrected chi connectivity index (χ2v) is 4.86. The molecule has 3 unspecified atom stereocenters. The molecule has 0 aliphatic carbocycles. The molecule has 0 aliphatic heterocycles. The van der Waals surface area contributed by atoms with Crippen molar-refractivity contribution in [2.75, 3.05) is 40.0 Å². The summed E-state index contributed by atoms with van der Waals surface area (Å²) in [4.78, 5) is 11.5. The summed E-state index contributed by atoms with van der Waals surface area (Å²) in [6, 6.07) is 0. The highest BCUT2D eigenvalue weighted by Gasteiger charge is 2.19. The Labute approximate surface area is 121 Å². The number of carbonyl (C=O) groups is 1. The fourth-order valence-electron chi connectivity index (χ4n) is 1.40. The molecule has 0 aromatic heterocycles. The third kappa shape index (κ3) is 9.23. The largest absolute Gasteiger partial charge is 0.378 e. The summed E-state index contributed by atoms with van der Waals surface area (Å²) in [5.41, 5.74) is 0. The fraction of sp³-hybridized carbons (Fsp3) is 0.929. The van der Waals surface area contributed by atoms with Crippen LogP contribution in [0.25, 0.3) is 0 Å². The zero-order chi connectivity index (χ0) is 15.4. The molecular weight excluding hydrogens is 263 g/mol. The summed E-state index contributed by atoms with van der Waals surface area (Å²) >= 11 is 0. The molecule has 0 saturated heterocycles. The van der Waals surface area contributed by atoms with Crippen molar-refractivity contribution in [2.45, 2.75) is 39.5 Å². The van der Waals surface area contributed by atoms with Crippen molar-refractivity contribution < 1.29 is 18.7 Å². The Morgan fingerprint density at radius 3 is 2.55 bits per heavy atom. The maximum absolute atomic E-state index is 13.8. The molecule has 6 heteroatoms. The van der Waals surface area contributed by atoms with Gasteiger partial charge in [0.25, 0.3) is 0 Å². The third-order valence-corrected chi connectivity index (χ3v) is 3.15. The average Bonchev–Trinajstić information content (AvgIpc) is 2.46. The molecule has 1 amide bonds. The normalized spacial score (nSPS) is 15.7. The van der Waals surface area contributed by atoms with E-state index in [1.165, 1.54) is 0 Å². The summed E-state index contributed by atoms with van der Waals surface area (Å²) in [6.45, 7) is 7.59. The highest BCUT2D eigenvalue weighted by molar-refractivity contribution is 5.78. The van der Waals surface area contributed by atoms with Gasteiger partial charge in [-0.15, -0.1) is 0 Å². The summed E-state index contributed by atoms with van der Waals surface area (Å²) in [5, 5.41) is 5.56. The van der Waals surface area contributed by atoms with E-state index in [0.717, 1.165) is 13.0 Å². The van der Waals surface area contributed by atoms with Gasteiger partial charge in [-0.25, -0.2) is 4.39 Å². The van der Waals surface area contributed by atoms with Crippen molar-refractivity contribution in [1.29, 1.82) is 0 Å². The lowest BCUT2D eigenvalue weighted by Gasteiger charge is -2.19. The number of hydrogen-bond acceptors (Lipinski definition) is 4. The molecule has 0 fully saturated rings. The van der Waals surface area contributed by atoms with E-state index >= 15 is 0 Å². The molecule has 0 saturated carbocycles. The Morgan fingerprint density at radius 2 is 1.95 bits per heavy atom. The van der Waals surface area contributed by atoms with E-state index in [4.69, 9.17) is 9.47 Å². The predicted octanol–water partition coefficient (Wildman–Crippen LogP) is 1.13. The first-order valence-corrected chi connectivity index (χ1v) is 7.28. The lowest BCUT2D eigenvalue weighted by molar-refractivity contribution is -0.125. The van der Waals surface area contributed by atoms with Gasteiger partial charge in [-0.3, -0.25) is 4.79 Å². The van der Waals surface area contributed by atoms with E-state index < -0.39 is 12.3 Å². The Balaban J connectivity index is 3.65. The zero-order valence-corrected chi connectivity index (χ0v) is 13.1. The van der Waals surface area contributed by atoms with Crippen LogP contribution in [0.1, 0.15) is 27.2 Å². The van der Waals surface area contributed by atoms with Gasteiger partial charge < -0.3 is 20.1 Å². The maximum Gasteiger partial charge on any atom is 0.222 e. The van der Waals surface area contributed by atoms with Gasteiger partial charge in [0, 0.05) is 12.5 Å². The minimum atomic E-state index is -1.21. The highest BCUT2D eigenvalue weighted by atomic mass is 19.1. The molecule has 3 atom stereocenters. The van der Waals surface area contributed by atoms with Gasteiger partial charge in [0.05, 0.1) is 32.5 Å². The fourth-order valence-corrected chi connectivity index (χ4v) is 1.40. The Bertz CT molecular complexity index is 255. The van der Waals surface area contributed by atoms with Crippen LogP contribution >= 0.6 is 0 Å². The van der Waals surface area contributed by atoms with Crippen LogP contribution in [0.4, 0.5) is 4.39 Å². The van der Waals surface area contributed by atoms with Crippen molar-refractivity contribution in [3.63, 3.8) is 0 Å². The lowest BCUT2D eigenvalue weighted by atomic mass is 10.1. The minimum absolute atomic E-state index is 0.00898.